The molecule has 8 heteroatoms. The third-order valence-corrected chi connectivity index (χ3v) is 6.98. The number of carbonyl (C=O) groups is 1. The summed E-state index contributed by atoms with van der Waals surface area (Å²) in [5, 5.41) is 9.51. The summed E-state index contributed by atoms with van der Waals surface area (Å²) in [5.74, 6) is 0.711. The van der Waals surface area contributed by atoms with E-state index < -0.39 is 0 Å². The first-order chi connectivity index (χ1) is 13.8. The fourth-order valence-corrected chi connectivity index (χ4v) is 5.10. The third-order valence-electron chi connectivity index (χ3n) is 5.08. The fraction of sp³-hybridized carbons (Fsp3) is 0.333. The zero-order valence-electron chi connectivity index (χ0n) is 17.0. The first kappa shape index (κ1) is 19.8. The van der Waals surface area contributed by atoms with Gasteiger partial charge in [0.25, 0.3) is 11.1 Å². The maximum absolute atomic E-state index is 12.7. The maximum Gasteiger partial charge on any atom is 0.277 e. The van der Waals surface area contributed by atoms with Crippen LogP contribution in [-0.4, -0.2) is 33.8 Å². The number of rotatable bonds is 5. The zero-order chi connectivity index (χ0) is 20.8. The van der Waals surface area contributed by atoms with Crippen molar-refractivity contribution in [1.29, 1.82) is 0 Å². The van der Waals surface area contributed by atoms with Gasteiger partial charge in [-0.2, -0.15) is 0 Å². The number of hydrogen-bond donors (Lipinski definition) is 0. The van der Waals surface area contributed by atoms with E-state index in [9.17, 15) is 4.79 Å². The van der Waals surface area contributed by atoms with Crippen LogP contribution in [0.15, 0.2) is 45.7 Å². The topological polar surface area (TPSA) is 72.1 Å². The maximum atomic E-state index is 12.7. The molecule has 1 aromatic carbocycles. The number of nitrogens with zero attached hydrogens (tertiary/aromatic N) is 4. The van der Waals surface area contributed by atoms with Crippen LogP contribution < -0.4 is 4.90 Å². The highest BCUT2D eigenvalue weighted by Crippen LogP contribution is 2.46. The number of thiazole rings is 1. The molecule has 0 bridgehead atoms. The Morgan fingerprint density at radius 2 is 2.03 bits per heavy atom. The third kappa shape index (κ3) is 3.62. The number of ketones is 1. The SMILES string of the molecule is Cc1nc(C)c(-c2nnc(SCC(=O)/C=C3\N(C)c4ccccc4C3(C)C)o2)s1. The highest BCUT2D eigenvalue weighted by atomic mass is 32.2. The van der Waals surface area contributed by atoms with Crippen molar-refractivity contribution in [2.75, 3.05) is 17.7 Å². The molecule has 0 atom stereocenters. The van der Waals surface area contributed by atoms with E-state index in [1.165, 1.54) is 28.7 Å². The van der Waals surface area contributed by atoms with Gasteiger partial charge in [0, 0.05) is 29.9 Å². The normalized spacial score (nSPS) is 16.4. The van der Waals surface area contributed by atoms with Gasteiger partial charge in [0.2, 0.25) is 0 Å². The Morgan fingerprint density at radius 3 is 2.72 bits per heavy atom. The number of aromatic nitrogens is 3. The van der Waals surface area contributed by atoms with Crippen LogP contribution in [0.4, 0.5) is 5.69 Å². The van der Waals surface area contributed by atoms with Gasteiger partial charge in [-0.15, -0.1) is 21.5 Å². The van der Waals surface area contributed by atoms with Gasteiger partial charge in [-0.05, 0) is 25.5 Å². The Kier molecular flexibility index (Phi) is 5.08. The van der Waals surface area contributed by atoms with E-state index in [0.717, 1.165) is 27.0 Å². The van der Waals surface area contributed by atoms with Crippen molar-refractivity contribution in [3.05, 3.63) is 52.3 Å². The van der Waals surface area contributed by atoms with Crippen LogP contribution in [0, 0.1) is 13.8 Å². The molecule has 0 saturated carbocycles. The van der Waals surface area contributed by atoms with Gasteiger partial charge in [-0.3, -0.25) is 4.79 Å². The van der Waals surface area contributed by atoms with Gasteiger partial charge >= 0.3 is 0 Å². The molecule has 29 heavy (non-hydrogen) atoms. The summed E-state index contributed by atoms with van der Waals surface area (Å²) >= 11 is 2.78. The molecule has 0 aliphatic carbocycles. The standard InChI is InChI=1S/C21H22N4O2S2/c1-12-18(29-13(2)22-12)19-23-24-20(27-19)28-11-14(26)10-17-21(3,4)15-8-6-7-9-16(15)25(17)5/h6-10H,11H2,1-5H3/b17-10-. The van der Waals surface area contributed by atoms with E-state index in [2.05, 4.69) is 46.1 Å². The van der Waals surface area contributed by atoms with Crippen molar-refractivity contribution in [3.63, 3.8) is 0 Å². The minimum absolute atomic E-state index is 0.0160. The molecule has 0 amide bonds. The van der Waals surface area contributed by atoms with Crippen LogP contribution in [0.5, 0.6) is 0 Å². The van der Waals surface area contributed by atoms with E-state index in [0.29, 0.717) is 11.1 Å². The first-order valence-electron chi connectivity index (χ1n) is 9.26. The Hall–Kier alpha value is -2.45. The largest absolute Gasteiger partial charge is 0.410 e. The Bertz CT molecular complexity index is 1110. The van der Waals surface area contributed by atoms with Gasteiger partial charge in [0.15, 0.2) is 5.78 Å². The van der Waals surface area contributed by atoms with Crippen molar-refractivity contribution in [2.24, 2.45) is 0 Å². The minimum atomic E-state index is -0.217. The van der Waals surface area contributed by atoms with E-state index in [1.54, 1.807) is 6.08 Å². The molecular weight excluding hydrogens is 404 g/mol. The number of aryl methyl sites for hydroxylation is 2. The Balaban J connectivity index is 1.47. The lowest BCUT2D eigenvalue weighted by Gasteiger charge is -2.23. The van der Waals surface area contributed by atoms with E-state index in [4.69, 9.17) is 4.42 Å². The number of fused-ring (bicyclic) bond motifs is 1. The molecule has 6 nitrogen and oxygen atoms in total. The first-order valence-corrected chi connectivity index (χ1v) is 11.1. The molecule has 0 spiro atoms. The molecule has 0 fully saturated rings. The molecular formula is C21H22N4O2S2. The fourth-order valence-electron chi connectivity index (χ4n) is 3.68. The number of thioether (sulfide) groups is 1. The van der Waals surface area contributed by atoms with E-state index in [-0.39, 0.29) is 17.0 Å². The second-order valence-electron chi connectivity index (χ2n) is 7.51. The quantitative estimate of drug-likeness (QED) is 0.429. The summed E-state index contributed by atoms with van der Waals surface area (Å²) < 4.78 is 5.72. The zero-order valence-corrected chi connectivity index (χ0v) is 18.6. The number of para-hydroxylation sites is 1. The highest BCUT2D eigenvalue weighted by molar-refractivity contribution is 7.99. The number of carbonyl (C=O) groups excluding carboxylic acids is 1. The molecule has 4 rings (SSSR count). The smallest absolute Gasteiger partial charge is 0.277 e. The molecule has 0 saturated heterocycles. The summed E-state index contributed by atoms with van der Waals surface area (Å²) in [6.45, 7) is 8.15. The van der Waals surface area contributed by atoms with Crippen LogP contribution in [0.3, 0.4) is 0 Å². The van der Waals surface area contributed by atoms with Crippen LogP contribution in [0.25, 0.3) is 10.8 Å². The number of anilines is 1. The summed E-state index contributed by atoms with van der Waals surface area (Å²) in [5.41, 5.74) is 4.02. The predicted molar refractivity (Wildman–Crippen MR) is 117 cm³/mol. The molecule has 3 heterocycles. The van der Waals surface area contributed by atoms with Crippen LogP contribution >= 0.6 is 23.1 Å². The Labute approximate surface area is 178 Å². The minimum Gasteiger partial charge on any atom is -0.410 e. The molecule has 0 radical (unpaired) electrons. The Morgan fingerprint density at radius 1 is 1.28 bits per heavy atom. The second kappa shape index (κ2) is 7.42. The van der Waals surface area contributed by atoms with Crippen LogP contribution in [-0.2, 0) is 10.2 Å². The van der Waals surface area contributed by atoms with Crippen molar-refractivity contribution in [3.8, 4) is 10.8 Å². The van der Waals surface area contributed by atoms with Crippen molar-refractivity contribution in [1.82, 2.24) is 15.2 Å². The lowest BCUT2D eigenvalue weighted by Crippen LogP contribution is -2.24. The van der Waals surface area contributed by atoms with Crippen LogP contribution in [0.2, 0.25) is 0 Å². The lowest BCUT2D eigenvalue weighted by atomic mass is 9.83. The van der Waals surface area contributed by atoms with Gasteiger partial charge in [-0.1, -0.05) is 43.8 Å². The average Bonchev–Trinajstić information content (AvgIpc) is 3.33. The van der Waals surface area contributed by atoms with Gasteiger partial charge in [-0.25, -0.2) is 4.98 Å². The summed E-state index contributed by atoms with van der Waals surface area (Å²) in [6.07, 6.45) is 1.74. The van der Waals surface area contributed by atoms with Crippen LogP contribution in [0.1, 0.15) is 30.1 Å². The second-order valence-corrected chi connectivity index (χ2v) is 9.64. The van der Waals surface area contributed by atoms with Crippen molar-refractivity contribution >= 4 is 34.6 Å². The average molecular weight is 427 g/mol. The van der Waals surface area contributed by atoms with E-state index in [1.807, 2.05) is 33.0 Å². The number of likely N-dealkylation sites (N-methyl/N-ethyl adjacent to an activating group) is 1. The monoisotopic (exact) mass is 426 g/mol. The molecule has 0 unspecified atom stereocenters. The predicted octanol–water partition coefficient (Wildman–Crippen LogP) is 4.78. The number of benzene rings is 1. The molecule has 1 aliphatic rings. The summed E-state index contributed by atoms with van der Waals surface area (Å²) in [4.78, 5) is 20.0. The number of allylic oxidation sites excluding steroid dienone is 2. The summed E-state index contributed by atoms with van der Waals surface area (Å²) in [7, 11) is 2.00. The molecule has 2 aromatic heterocycles. The van der Waals surface area contributed by atoms with Gasteiger partial charge < -0.3 is 9.32 Å². The van der Waals surface area contributed by atoms with Gasteiger partial charge in [0.1, 0.15) is 4.88 Å². The van der Waals surface area contributed by atoms with Gasteiger partial charge in [0.05, 0.1) is 16.5 Å². The molecule has 0 N–H and O–H groups in total. The number of hydrogen-bond acceptors (Lipinski definition) is 8. The molecule has 150 valence electrons. The lowest BCUT2D eigenvalue weighted by molar-refractivity contribution is -0.112. The van der Waals surface area contributed by atoms with E-state index >= 15 is 0 Å². The summed E-state index contributed by atoms with van der Waals surface area (Å²) in [6, 6.07) is 8.26. The van der Waals surface area contributed by atoms with Crippen molar-refractivity contribution < 1.29 is 9.21 Å². The van der Waals surface area contributed by atoms with Crippen molar-refractivity contribution in [2.45, 2.75) is 38.3 Å². The molecule has 1 aliphatic heterocycles. The highest BCUT2D eigenvalue weighted by Gasteiger charge is 2.38. The molecule has 3 aromatic rings.